The van der Waals surface area contributed by atoms with Crippen molar-refractivity contribution in [2.24, 2.45) is 7.05 Å². The van der Waals surface area contributed by atoms with E-state index in [1.54, 1.807) is 39.1 Å². The van der Waals surface area contributed by atoms with Crippen molar-refractivity contribution in [1.82, 2.24) is 29.4 Å². The lowest BCUT2D eigenvalue weighted by atomic mass is 10.1. The molecule has 0 spiro atoms. The second-order valence-electron chi connectivity index (χ2n) is 6.51. The number of benzene rings is 1. The van der Waals surface area contributed by atoms with E-state index >= 15 is 0 Å². The second kappa shape index (κ2) is 7.16. The average molecular weight is 419 g/mol. The summed E-state index contributed by atoms with van der Waals surface area (Å²) in [5.74, 6) is -0.245. The molecule has 30 heavy (non-hydrogen) atoms. The molecule has 5 aromatic rings. The van der Waals surface area contributed by atoms with Crippen molar-refractivity contribution < 1.29 is 9.18 Å². The van der Waals surface area contributed by atoms with E-state index in [0.717, 1.165) is 11.1 Å². The lowest BCUT2D eigenvalue weighted by Gasteiger charge is -2.03. The van der Waals surface area contributed by atoms with E-state index in [9.17, 15) is 9.18 Å². The molecule has 4 aromatic heterocycles. The van der Waals surface area contributed by atoms with Gasteiger partial charge in [-0.05, 0) is 36.4 Å². The molecule has 4 heterocycles. The minimum atomic E-state index is -0.320. The lowest BCUT2D eigenvalue weighted by molar-refractivity contribution is 0.102. The number of hydrogen-bond donors (Lipinski definition) is 1. The molecule has 1 N–H and O–H groups in total. The zero-order valence-electron chi connectivity index (χ0n) is 15.7. The van der Waals surface area contributed by atoms with Gasteiger partial charge >= 0.3 is 0 Å². The number of aromatic nitrogens is 6. The zero-order valence-corrected chi connectivity index (χ0v) is 16.5. The third-order valence-electron chi connectivity index (χ3n) is 4.41. The average Bonchev–Trinajstić information content (AvgIpc) is 3.47. The normalized spacial score (nSPS) is 11.1. The van der Waals surface area contributed by atoms with E-state index in [2.05, 4.69) is 25.5 Å². The highest BCUT2D eigenvalue weighted by atomic mass is 32.1. The number of thiazole rings is 1. The Morgan fingerprint density at radius 2 is 1.93 bits per heavy atom. The van der Waals surface area contributed by atoms with Crippen LogP contribution >= 0.6 is 11.3 Å². The molecule has 0 fully saturated rings. The third kappa shape index (κ3) is 3.33. The van der Waals surface area contributed by atoms with E-state index in [4.69, 9.17) is 0 Å². The highest BCUT2D eigenvalue weighted by Gasteiger charge is 2.16. The third-order valence-corrected chi connectivity index (χ3v) is 5.18. The van der Waals surface area contributed by atoms with E-state index in [1.807, 2.05) is 25.4 Å². The first-order valence-electron chi connectivity index (χ1n) is 8.94. The maximum Gasteiger partial charge on any atom is 0.285 e. The Hall–Kier alpha value is -3.92. The van der Waals surface area contributed by atoms with Crippen LogP contribution in [0.1, 0.15) is 9.80 Å². The van der Waals surface area contributed by atoms with Crippen LogP contribution in [-0.4, -0.2) is 35.3 Å². The van der Waals surface area contributed by atoms with Gasteiger partial charge in [-0.2, -0.15) is 10.2 Å². The standard InChI is InChI=1S/C20H14FN7OS/c1-27-10-14(18(26-27)12-2-4-13(21)5-3-12)15-6-7-17-23-16(11-28(17)25-15)24-19(29)20-22-8-9-30-20/h2-11H,1H3,(H,24,29). The van der Waals surface area contributed by atoms with Crippen molar-refractivity contribution in [2.75, 3.05) is 5.32 Å². The molecule has 0 saturated heterocycles. The summed E-state index contributed by atoms with van der Waals surface area (Å²) in [6, 6.07) is 9.81. The monoisotopic (exact) mass is 419 g/mol. The maximum atomic E-state index is 13.3. The van der Waals surface area contributed by atoms with Gasteiger partial charge in [-0.3, -0.25) is 9.48 Å². The van der Waals surface area contributed by atoms with Gasteiger partial charge in [0.1, 0.15) is 11.5 Å². The molecule has 1 aromatic carbocycles. The van der Waals surface area contributed by atoms with Crippen LogP contribution in [0, 0.1) is 5.82 Å². The molecular weight excluding hydrogens is 405 g/mol. The summed E-state index contributed by atoms with van der Waals surface area (Å²) in [5, 5.41) is 13.9. The summed E-state index contributed by atoms with van der Waals surface area (Å²) in [4.78, 5) is 20.6. The number of anilines is 1. The molecule has 1 amide bonds. The molecule has 5 rings (SSSR count). The van der Waals surface area contributed by atoms with Crippen molar-refractivity contribution >= 4 is 28.7 Å². The predicted molar refractivity (Wildman–Crippen MR) is 111 cm³/mol. The van der Waals surface area contributed by atoms with Gasteiger partial charge < -0.3 is 5.32 Å². The zero-order chi connectivity index (χ0) is 20.7. The van der Waals surface area contributed by atoms with Crippen LogP contribution in [0.3, 0.4) is 0 Å². The van der Waals surface area contributed by atoms with Gasteiger partial charge in [-0.25, -0.2) is 18.9 Å². The van der Waals surface area contributed by atoms with Crippen molar-refractivity contribution in [1.29, 1.82) is 0 Å². The quantitative estimate of drug-likeness (QED) is 0.480. The van der Waals surface area contributed by atoms with Crippen LogP contribution in [0.25, 0.3) is 28.2 Å². The lowest BCUT2D eigenvalue weighted by Crippen LogP contribution is -2.11. The summed E-state index contributed by atoms with van der Waals surface area (Å²) in [6.07, 6.45) is 5.07. The number of carbonyl (C=O) groups is 1. The summed E-state index contributed by atoms with van der Waals surface area (Å²) in [5.41, 5.74) is 3.54. The van der Waals surface area contributed by atoms with Crippen molar-refractivity contribution in [2.45, 2.75) is 0 Å². The van der Waals surface area contributed by atoms with Crippen LogP contribution in [0.5, 0.6) is 0 Å². The molecule has 0 aliphatic rings. The Kier molecular flexibility index (Phi) is 4.32. The minimum absolute atomic E-state index is 0.304. The Morgan fingerprint density at radius 3 is 2.70 bits per heavy atom. The number of nitrogens with zero attached hydrogens (tertiary/aromatic N) is 6. The van der Waals surface area contributed by atoms with Gasteiger partial charge in [0.25, 0.3) is 5.91 Å². The van der Waals surface area contributed by atoms with Gasteiger partial charge in [-0.1, -0.05) is 0 Å². The van der Waals surface area contributed by atoms with Crippen molar-refractivity contribution in [3.8, 4) is 22.5 Å². The summed E-state index contributed by atoms with van der Waals surface area (Å²) < 4.78 is 16.6. The van der Waals surface area contributed by atoms with E-state index in [1.165, 1.54) is 23.5 Å². The van der Waals surface area contributed by atoms with Crippen molar-refractivity contribution in [3.63, 3.8) is 0 Å². The SMILES string of the molecule is Cn1cc(-c2ccc3nc(NC(=O)c4nccs4)cn3n2)c(-c2ccc(F)cc2)n1. The molecule has 0 unspecified atom stereocenters. The molecule has 0 aliphatic carbocycles. The maximum absolute atomic E-state index is 13.3. The number of fused-ring (bicyclic) bond motifs is 1. The number of amides is 1. The van der Waals surface area contributed by atoms with Gasteiger partial charge in [0, 0.05) is 35.9 Å². The van der Waals surface area contributed by atoms with Gasteiger partial charge in [0.2, 0.25) is 0 Å². The minimum Gasteiger partial charge on any atom is -0.303 e. The van der Waals surface area contributed by atoms with Gasteiger partial charge in [-0.15, -0.1) is 11.3 Å². The smallest absolute Gasteiger partial charge is 0.285 e. The van der Waals surface area contributed by atoms with Gasteiger partial charge in [0.05, 0.1) is 11.9 Å². The first-order valence-corrected chi connectivity index (χ1v) is 9.82. The largest absolute Gasteiger partial charge is 0.303 e. The summed E-state index contributed by atoms with van der Waals surface area (Å²) >= 11 is 1.25. The molecule has 0 radical (unpaired) electrons. The second-order valence-corrected chi connectivity index (χ2v) is 7.41. The summed E-state index contributed by atoms with van der Waals surface area (Å²) in [6.45, 7) is 0. The van der Waals surface area contributed by atoms with E-state index < -0.39 is 0 Å². The van der Waals surface area contributed by atoms with Crippen molar-refractivity contribution in [3.05, 3.63) is 71.2 Å². The Balaban J connectivity index is 1.50. The Labute approximate surface area is 173 Å². The fourth-order valence-electron chi connectivity index (χ4n) is 3.09. The fourth-order valence-corrected chi connectivity index (χ4v) is 3.62. The number of nitrogens with one attached hydrogen (secondary N) is 1. The highest BCUT2D eigenvalue weighted by molar-refractivity contribution is 7.11. The predicted octanol–water partition coefficient (Wildman–Crippen LogP) is 3.64. The fraction of sp³-hybridized carbons (Fsp3) is 0.0500. The molecule has 148 valence electrons. The molecule has 0 atom stereocenters. The van der Waals surface area contributed by atoms with Crippen LogP contribution in [-0.2, 0) is 7.05 Å². The molecule has 0 bridgehead atoms. The van der Waals surface area contributed by atoms with Crippen LogP contribution in [0.2, 0.25) is 0 Å². The van der Waals surface area contributed by atoms with Crippen LogP contribution < -0.4 is 5.32 Å². The highest BCUT2D eigenvalue weighted by Crippen LogP contribution is 2.30. The van der Waals surface area contributed by atoms with Crippen LogP contribution in [0.15, 0.2) is 60.4 Å². The van der Waals surface area contributed by atoms with Gasteiger partial charge in [0.15, 0.2) is 16.5 Å². The molecule has 0 aliphatic heterocycles. The van der Waals surface area contributed by atoms with E-state index in [-0.39, 0.29) is 11.7 Å². The Morgan fingerprint density at radius 1 is 1.10 bits per heavy atom. The molecule has 0 saturated carbocycles. The summed E-state index contributed by atoms with van der Waals surface area (Å²) in [7, 11) is 1.82. The van der Waals surface area contributed by atoms with Crippen LogP contribution in [0.4, 0.5) is 10.2 Å². The Bertz CT molecular complexity index is 1360. The first kappa shape index (κ1) is 18.1. The molecule has 10 heteroatoms. The number of hydrogen-bond acceptors (Lipinski definition) is 6. The number of rotatable bonds is 4. The number of aryl methyl sites for hydroxylation is 1. The number of halogens is 1. The molecular formula is C20H14FN7OS. The molecule has 8 nitrogen and oxygen atoms in total. The topological polar surface area (TPSA) is 90.0 Å². The number of imidazole rings is 1. The van der Waals surface area contributed by atoms with E-state index in [0.29, 0.717) is 27.9 Å². The number of carbonyl (C=O) groups excluding carboxylic acids is 1. The first-order chi connectivity index (χ1) is 14.6.